The lowest BCUT2D eigenvalue weighted by atomic mass is 10.0. The fourth-order valence-electron chi connectivity index (χ4n) is 1.80. The summed E-state index contributed by atoms with van der Waals surface area (Å²) in [5.41, 5.74) is 7.62. The number of hydrogen-bond acceptors (Lipinski definition) is 2. The van der Waals surface area contributed by atoms with Crippen molar-refractivity contribution in [3.63, 3.8) is 0 Å². The molecule has 4 heteroatoms. The number of benzene rings is 2. The van der Waals surface area contributed by atoms with Crippen LogP contribution in [0.5, 0.6) is 0 Å². The maximum atomic E-state index is 11.9. The van der Waals surface area contributed by atoms with Gasteiger partial charge in [0.15, 0.2) is 0 Å². The zero-order valence-corrected chi connectivity index (χ0v) is 11.1. The maximum Gasteiger partial charge on any atom is 0.226 e. The Morgan fingerprint density at radius 1 is 1.16 bits per heavy atom. The molecular weight excluding hydrogens is 260 g/mol. The Morgan fingerprint density at radius 2 is 1.89 bits per heavy atom. The Balaban J connectivity index is 1.95. The largest absolute Gasteiger partial charge is 0.326 e. The predicted molar refractivity (Wildman–Crippen MR) is 78.1 cm³/mol. The number of carbonyl (C=O) groups is 1. The van der Waals surface area contributed by atoms with Gasteiger partial charge in [0.2, 0.25) is 5.91 Å². The van der Waals surface area contributed by atoms with Gasteiger partial charge in [0.25, 0.3) is 0 Å². The van der Waals surface area contributed by atoms with Crippen molar-refractivity contribution in [2.45, 2.75) is 12.5 Å². The first kappa shape index (κ1) is 13.6. The van der Waals surface area contributed by atoms with E-state index < -0.39 is 0 Å². The van der Waals surface area contributed by atoms with Gasteiger partial charge in [0.1, 0.15) is 0 Å². The molecule has 0 aliphatic carbocycles. The zero-order valence-electron chi connectivity index (χ0n) is 10.3. The van der Waals surface area contributed by atoms with Crippen molar-refractivity contribution in [1.29, 1.82) is 0 Å². The number of nitrogens with two attached hydrogens (primary N) is 1. The summed E-state index contributed by atoms with van der Waals surface area (Å²) < 4.78 is 0. The van der Waals surface area contributed by atoms with Crippen molar-refractivity contribution < 1.29 is 4.79 Å². The van der Waals surface area contributed by atoms with Crippen molar-refractivity contribution in [3.05, 3.63) is 65.2 Å². The van der Waals surface area contributed by atoms with Crippen molar-refractivity contribution in [2.75, 3.05) is 5.32 Å². The third kappa shape index (κ3) is 4.09. The summed E-state index contributed by atoms with van der Waals surface area (Å²) in [6.07, 6.45) is 0.233. The molecule has 0 aliphatic heterocycles. The minimum Gasteiger partial charge on any atom is -0.326 e. The fourth-order valence-corrected chi connectivity index (χ4v) is 1.99. The first-order valence-corrected chi connectivity index (χ1v) is 6.39. The monoisotopic (exact) mass is 274 g/mol. The average molecular weight is 275 g/mol. The van der Waals surface area contributed by atoms with Crippen molar-refractivity contribution in [1.82, 2.24) is 0 Å². The van der Waals surface area contributed by atoms with E-state index in [-0.39, 0.29) is 18.4 Å². The fraction of sp³-hybridized carbons (Fsp3) is 0.133. The number of nitrogens with one attached hydrogen (secondary N) is 1. The van der Waals surface area contributed by atoms with Gasteiger partial charge in [0, 0.05) is 23.2 Å². The van der Waals surface area contributed by atoms with Crippen LogP contribution >= 0.6 is 11.6 Å². The molecule has 0 aromatic heterocycles. The van der Waals surface area contributed by atoms with E-state index in [1.165, 1.54) is 0 Å². The molecule has 19 heavy (non-hydrogen) atoms. The Morgan fingerprint density at radius 3 is 2.58 bits per heavy atom. The zero-order chi connectivity index (χ0) is 13.7. The summed E-state index contributed by atoms with van der Waals surface area (Å²) in [5.74, 6) is -0.126. The van der Waals surface area contributed by atoms with Crippen molar-refractivity contribution in [2.24, 2.45) is 5.73 Å². The van der Waals surface area contributed by atoms with E-state index in [0.29, 0.717) is 10.7 Å². The summed E-state index contributed by atoms with van der Waals surface area (Å²) in [7, 11) is 0. The highest BCUT2D eigenvalue weighted by molar-refractivity contribution is 6.30. The Kier molecular flexibility index (Phi) is 4.55. The van der Waals surface area contributed by atoms with Crippen LogP contribution in [0, 0.1) is 0 Å². The van der Waals surface area contributed by atoms with E-state index in [9.17, 15) is 4.79 Å². The lowest BCUT2D eigenvalue weighted by molar-refractivity contribution is -0.116. The molecule has 3 nitrogen and oxygen atoms in total. The SMILES string of the molecule is NC(CC(=O)Nc1cccc(Cl)c1)c1ccccc1. The van der Waals surface area contributed by atoms with Crippen molar-refractivity contribution >= 4 is 23.2 Å². The Hall–Kier alpha value is -1.84. The molecule has 2 rings (SSSR count). The van der Waals surface area contributed by atoms with Gasteiger partial charge in [0.05, 0.1) is 0 Å². The van der Waals surface area contributed by atoms with E-state index in [1.807, 2.05) is 30.3 Å². The molecule has 0 bridgehead atoms. The quantitative estimate of drug-likeness (QED) is 0.898. The molecule has 1 amide bonds. The number of carbonyl (C=O) groups excluding carboxylic acids is 1. The number of rotatable bonds is 4. The molecule has 0 heterocycles. The lowest BCUT2D eigenvalue weighted by Gasteiger charge is -2.12. The molecule has 0 fully saturated rings. The second-order valence-corrected chi connectivity index (χ2v) is 4.72. The second kappa shape index (κ2) is 6.36. The van der Waals surface area contributed by atoms with Gasteiger partial charge in [-0.1, -0.05) is 48.0 Å². The number of anilines is 1. The van der Waals surface area contributed by atoms with Gasteiger partial charge >= 0.3 is 0 Å². The third-order valence-corrected chi connectivity index (χ3v) is 2.98. The predicted octanol–water partition coefficient (Wildman–Crippen LogP) is 3.37. The summed E-state index contributed by atoms with van der Waals surface area (Å²) in [4.78, 5) is 11.9. The van der Waals surface area contributed by atoms with Gasteiger partial charge in [-0.2, -0.15) is 0 Å². The van der Waals surface area contributed by atoms with E-state index >= 15 is 0 Å². The van der Waals surface area contributed by atoms with Gasteiger partial charge in [-0.05, 0) is 23.8 Å². The minimum atomic E-state index is -0.305. The van der Waals surface area contributed by atoms with E-state index in [4.69, 9.17) is 17.3 Å². The highest BCUT2D eigenvalue weighted by Gasteiger charge is 2.11. The second-order valence-electron chi connectivity index (χ2n) is 4.28. The van der Waals surface area contributed by atoms with Gasteiger partial charge in [-0.15, -0.1) is 0 Å². The smallest absolute Gasteiger partial charge is 0.226 e. The molecule has 3 N–H and O–H groups in total. The topological polar surface area (TPSA) is 55.1 Å². The van der Waals surface area contributed by atoms with E-state index in [2.05, 4.69) is 5.32 Å². The van der Waals surface area contributed by atoms with Crippen LogP contribution in [0.15, 0.2) is 54.6 Å². The summed E-state index contributed by atoms with van der Waals surface area (Å²) in [6, 6.07) is 16.3. The highest BCUT2D eigenvalue weighted by Crippen LogP contribution is 2.17. The standard InChI is InChI=1S/C15H15ClN2O/c16-12-7-4-8-13(9-12)18-15(19)10-14(17)11-5-2-1-3-6-11/h1-9,14H,10,17H2,(H,18,19). The van der Waals surface area contributed by atoms with Crippen LogP contribution in [0.25, 0.3) is 0 Å². The minimum absolute atomic E-state index is 0.126. The van der Waals surface area contributed by atoms with Crippen molar-refractivity contribution in [3.8, 4) is 0 Å². The normalized spacial score (nSPS) is 11.9. The maximum absolute atomic E-state index is 11.9. The number of halogens is 1. The molecular formula is C15H15ClN2O. The highest BCUT2D eigenvalue weighted by atomic mass is 35.5. The van der Waals surface area contributed by atoms with Crippen LogP contribution in [-0.4, -0.2) is 5.91 Å². The molecule has 2 aromatic rings. The Bertz CT molecular complexity index is 557. The molecule has 0 saturated carbocycles. The number of amides is 1. The van der Waals surface area contributed by atoms with Crippen LogP contribution in [0.3, 0.4) is 0 Å². The molecule has 1 unspecified atom stereocenters. The lowest BCUT2D eigenvalue weighted by Crippen LogP contribution is -2.20. The first-order valence-electron chi connectivity index (χ1n) is 6.01. The molecule has 0 saturated heterocycles. The van der Waals surface area contributed by atoms with E-state index in [1.54, 1.807) is 24.3 Å². The number of hydrogen-bond donors (Lipinski definition) is 2. The molecule has 0 aliphatic rings. The molecule has 98 valence electrons. The van der Waals surface area contributed by atoms with Gasteiger partial charge < -0.3 is 11.1 Å². The molecule has 1 atom stereocenters. The van der Waals surface area contributed by atoms with Crippen LogP contribution in [0.1, 0.15) is 18.0 Å². The van der Waals surface area contributed by atoms with Gasteiger partial charge in [-0.25, -0.2) is 0 Å². The van der Waals surface area contributed by atoms with Crippen LogP contribution in [-0.2, 0) is 4.79 Å². The van der Waals surface area contributed by atoms with Gasteiger partial charge in [-0.3, -0.25) is 4.79 Å². The third-order valence-electron chi connectivity index (χ3n) is 2.74. The van der Waals surface area contributed by atoms with Crippen LogP contribution < -0.4 is 11.1 Å². The first-order chi connectivity index (χ1) is 9.15. The van der Waals surface area contributed by atoms with Crippen LogP contribution in [0.2, 0.25) is 5.02 Å². The summed E-state index contributed by atoms with van der Waals surface area (Å²) >= 11 is 5.85. The average Bonchev–Trinajstić information content (AvgIpc) is 2.39. The molecule has 2 aromatic carbocycles. The van der Waals surface area contributed by atoms with E-state index in [0.717, 1.165) is 5.56 Å². The summed E-state index contributed by atoms with van der Waals surface area (Å²) in [6.45, 7) is 0. The Labute approximate surface area is 117 Å². The van der Waals surface area contributed by atoms with Crippen LogP contribution in [0.4, 0.5) is 5.69 Å². The summed E-state index contributed by atoms with van der Waals surface area (Å²) in [5, 5.41) is 3.37. The molecule has 0 radical (unpaired) electrons. The molecule has 0 spiro atoms.